The molecule has 0 radical (unpaired) electrons. The fourth-order valence-corrected chi connectivity index (χ4v) is 3.93. The van der Waals surface area contributed by atoms with Crippen molar-refractivity contribution in [3.05, 3.63) is 65.2 Å². The number of aromatic nitrogens is 3. The Morgan fingerprint density at radius 2 is 1.91 bits per heavy atom. The Morgan fingerprint density at radius 3 is 2.54 bits per heavy atom. The third-order valence-corrected chi connectivity index (χ3v) is 6.01. The molecule has 0 bridgehead atoms. The van der Waals surface area contributed by atoms with E-state index in [2.05, 4.69) is 15.4 Å². The molecule has 1 aliphatic rings. The lowest BCUT2D eigenvalue weighted by Gasteiger charge is -2.31. The second-order valence-electron chi connectivity index (χ2n) is 8.18. The second-order valence-corrected chi connectivity index (χ2v) is 8.62. The smallest absolute Gasteiger partial charge is 0.333 e. The van der Waals surface area contributed by atoms with Crippen LogP contribution in [-0.2, 0) is 11.3 Å². The molecule has 11 heteroatoms. The first-order chi connectivity index (χ1) is 16.8. The van der Waals surface area contributed by atoms with E-state index in [4.69, 9.17) is 16.3 Å². The standard InChI is InChI=1S/C24H24ClF2N5O3/c1-15(33)31-8-6-19(7-9-31)35-22-10-21(23(34)29-11-16-2-4-18(25)5-3-16)28-13-20(22)17-12-30-32(14-17)24(26)27/h2-5,10,12-14,19,24H,6-9,11H2,1H3,(H,29,34). The second kappa shape index (κ2) is 10.8. The number of carbonyl (C=O) groups excluding carboxylic acids is 2. The molecule has 1 N–H and O–H groups in total. The maximum atomic E-state index is 13.0. The van der Waals surface area contributed by atoms with Crippen molar-refractivity contribution in [2.75, 3.05) is 13.1 Å². The van der Waals surface area contributed by atoms with Gasteiger partial charge in [-0.3, -0.25) is 14.6 Å². The molecular weight excluding hydrogens is 480 g/mol. The Morgan fingerprint density at radius 1 is 1.20 bits per heavy atom. The number of hydrogen-bond acceptors (Lipinski definition) is 5. The molecule has 8 nitrogen and oxygen atoms in total. The molecule has 184 valence electrons. The molecular formula is C24H24ClF2N5O3. The number of nitrogens with one attached hydrogen (secondary N) is 1. The predicted molar refractivity (Wildman–Crippen MR) is 125 cm³/mol. The van der Waals surface area contributed by atoms with Crippen LogP contribution in [0.2, 0.25) is 5.02 Å². The zero-order chi connectivity index (χ0) is 24.9. The molecule has 4 rings (SSSR count). The molecule has 2 aromatic heterocycles. The van der Waals surface area contributed by atoms with Crippen LogP contribution in [0.1, 0.15) is 42.4 Å². The molecule has 0 spiro atoms. The molecule has 1 aromatic carbocycles. The summed E-state index contributed by atoms with van der Waals surface area (Å²) in [6.45, 7) is 0.129. The van der Waals surface area contributed by atoms with Gasteiger partial charge in [-0.1, -0.05) is 23.7 Å². The number of likely N-dealkylation sites (tertiary alicyclic amines) is 1. The number of carbonyl (C=O) groups is 2. The zero-order valence-electron chi connectivity index (χ0n) is 19.0. The van der Waals surface area contributed by atoms with Gasteiger partial charge in [-0.05, 0) is 17.7 Å². The predicted octanol–water partition coefficient (Wildman–Crippen LogP) is 4.31. The number of pyridine rings is 1. The minimum Gasteiger partial charge on any atom is -0.489 e. The summed E-state index contributed by atoms with van der Waals surface area (Å²) in [6.07, 6.45) is 4.93. The SMILES string of the molecule is CC(=O)N1CCC(Oc2cc(C(=O)NCc3ccc(Cl)cc3)ncc2-c2cnn(C(F)F)c2)CC1. The monoisotopic (exact) mass is 503 g/mol. The lowest BCUT2D eigenvalue weighted by atomic mass is 10.1. The number of alkyl halides is 2. The van der Waals surface area contributed by atoms with Crippen LogP contribution >= 0.6 is 11.6 Å². The van der Waals surface area contributed by atoms with E-state index in [9.17, 15) is 18.4 Å². The van der Waals surface area contributed by atoms with Gasteiger partial charge in [-0.25, -0.2) is 4.68 Å². The lowest BCUT2D eigenvalue weighted by molar-refractivity contribution is -0.130. The summed E-state index contributed by atoms with van der Waals surface area (Å²) < 4.78 is 32.8. The van der Waals surface area contributed by atoms with Crippen LogP contribution in [0.4, 0.5) is 8.78 Å². The van der Waals surface area contributed by atoms with Gasteiger partial charge in [0, 0.05) is 74.0 Å². The fraction of sp³-hybridized carbons (Fsp3) is 0.333. The summed E-state index contributed by atoms with van der Waals surface area (Å²) in [5.74, 6) is -0.0649. The topological polar surface area (TPSA) is 89.3 Å². The molecule has 1 saturated heterocycles. The highest BCUT2D eigenvalue weighted by atomic mass is 35.5. The normalized spacial score (nSPS) is 14.3. The van der Waals surface area contributed by atoms with Gasteiger partial charge in [0.2, 0.25) is 5.91 Å². The van der Waals surface area contributed by atoms with E-state index in [1.54, 1.807) is 17.0 Å². The molecule has 0 atom stereocenters. The molecule has 0 aliphatic carbocycles. The van der Waals surface area contributed by atoms with E-state index in [-0.39, 0.29) is 24.2 Å². The highest BCUT2D eigenvalue weighted by Gasteiger charge is 2.24. The van der Waals surface area contributed by atoms with E-state index in [1.807, 2.05) is 12.1 Å². The molecule has 3 heterocycles. The molecule has 35 heavy (non-hydrogen) atoms. The Kier molecular flexibility index (Phi) is 7.60. The van der Waals surface area contributed by atoms with Gasteiger partial charge in [0.1, 0.15) is 17.5 Å². The first-order valence-corrected chi connectivity index (χ1v) is 11.5. The quantitative estimate of drug-likeness (QED) is 0.519. The first-order valence-electron chi connectivity index (χ1n) is 11.1. The van der Waals surface area contributed by atoms with Crippen LogP contribution in [-0.4, -0.2) is 50.7 Å². The third kappa shape index (κ3) is 6.13. The van der Waals surface area contributed by atoms with E-state index >= 15 is 0 Å². The van der Waals surface area contributed by atoms with Gasteiger partial charge in [-0.15, -0.1) is 0 Å². The lowest BCUT2D eigenvalue weighted by Crippen LogP contribution is -2.40. The Bertz CT molecular complexity index is 1190. The number of piperidine rings is 1. The number of hydrogen-bond donors (Lipinski definition) is 1. The molecule has 1 fully saturated rings. The summed E-state index contributed by atoms with van der Waals surface area (Å²) >= 11 is 5.90. The maximum Gasteiger partial charge on any atom is 0.333 e. The van der Waals surface area contributed by atoms with Crippen molar-refractivity contribution < 1.29 is 23.1 Å². The summed E-state index contributed by atoms with van der Waals surface area (Å²) in [7, 11) is 0. The van der Waals surface area contributed by atoms with E-state index < -0.39 is 12.5 Å². The molecule has 1 aliphatic heterocycles. The third-order valence-electron chi connectivity index (χ3n) is 5.76. The van der Waals surface area contributed by atoms with Gasteiger partial charge in [0.05, 0.1) is 6.20 Å². The van der Waals surface area contributed by atoms with Crippen molar-refractivity contribution in [3.63, 3.8) is 0 Å². The average Bonchev–Trinajstić information content (AvgIpc) is 3.34. The minimum atomic E-state index is -2.78. The van der Waals surface area contributed by atoms with Crippen molar-refractivity contribution in [3.8, 4) is 16.9 Å². The highest BCUT2D eigenvalue weighted by molar-refractivity contribution is 6.30. The summed E-state index contributed by atoms with van der Waals surface area (Å²) in [5.41, 5.74) is 1.83. The van der Waals surface area contributed by atoms with Crippen LogP contribution in [0.5, 0.6) is 5.75 Å². The molecule has 2 amide bonds. The van der Waals surface area contributed by atoms with Crippen molar-refractivity contribution >= 4 is 23.4 Å². The van der Waals surface area contributed by atoms with Gasteiger partial charge >= 0.3 is 6.55 Å². The Balaban J connectivity index is 1.55. The number of benzene rings is 1. The van der Waals surface area contributed by atoms with Crippen LogP contribution in [0.3, 0.4) is 0 Å². The average molecular weight is 504 g/mol. The Hall–Kier alpha value is -3.53. The van der Waals surface area contributed by atoms with E-state index in [0.717, 1.165) is 5.56 Å². The number of rotatable bonds is 7. The summed E-state index contributed by atoms with van der Waals surface area (Å²) in [4.78, 5) is 30.4. The molecule has 0 saturated carbocycles. The van der Waals surface area contributed by atoms with E-state index in [0.29, 0.717) is 52.5 Å². The van der Waals surface area contributed by atoms with Crippen LogP contribution in [0.25, 0.3) is 11.1 Å². The maximum absolute atomic E-state index is 13.0. The largest absolute Gasteiger partial charge is 0.489 e. The number of ether oxygens (including phenoxy) is 1. The first kappa shape index (κ1) is 24.6. The number of amides is 2. The van der Waals surface area contributed by atoms with Gasteiger partial charge < -0.3 is 15.0 Å². The van der Waals surface area contributed by atoms with Crippen molar-refractivity contribution in [1.29, 1.82) is 0 Å². The summed E-state index contributed by atoms with van der Waals surface area (Å²) in [5, 5.41) is 7.09. The van der Waals surface area contributed by atoms with Crippen molar-refractivity contribution in [2.45, 2.75) is 39.0 Å². The Labute approximate surface area is 205 Å². The minimum absolute atomic E-state index is 0.00658. The van der Waals surface area contributed by atoms with Crippen LogP contribution in [0.15, 0.2) is 48.9 Å². The number of halogens is 3. The molecule has 0 unspecified atom stereocenters. The van der Waals surface area contributed by atoms with Gasteiger partial charge in [-0.2, -0.15) is 13.9 Å². The van der Waals surface area contributed by atoms with Crippen LogP contribution in [0, 0.1) is 0 Å². The van der Waals surface area contributed by atoms with Crippen LogP contribution < -0.4 is 10.1 Å². The van der Waals surface area contributed by atoms with Gasteiger partial charge in [0.25, 0.3) is 5.91 Å². The molecule has 3 aromatic rings. The van der Waals surface area contributed by atoms with Gasteiger partial charge in [0.15, 0.2) is 0 Å². The number of nitrogens with zero attached hydrogens (tertiary/aromatic N) is 4. The fourth-order valence-electron chi connectivity index (χ4n) is 3.80. The van der Waals surface area contributed by atoms with Crippen molar-refractivity contribution in [2.24, 2.45) is 0 Å². The highest BCUT2D eigenvalue weighted by Crippen LogP contribution is 2.32. The van der Waals surface area contributed by atoms with Crippen molar-refractivity contribution in [1.82, 2.24) is 25.0 Å². The summed E-state index contributed by atoms with van der Waals surface area (Å²) in [6, 6.07) is 8.59. The van der Waals surface area contributed by atoms with E-state index in [1.165, 1.54) is 31.6 Å². The zero-order valence-corrected chi connectivity index (χ0v) is 19.7.